The van der Waals surface area contributed by atoms with E-state index in [-0.39, 0.29) is 16.7 Å². The van der Waals surface area contributed by atoms with Gasteiger partial charge in [-0.2, -0.15) is 0 Å². The Hall–Kier alpha value is -2.72. The molecule has 1 aromatic carbocycles. The van der Waals surface area contributed by atoms with E-state index < -0.39 is 27.6 Å². The molecular formula is C23H26N2O6S2. The second-order valence-corrected chi connectivity index (χ2v) is 11.8. The zero-order valence-electron chi connectivity index (χ0n) is 18.2. The lowest BCUT2D eigenvalue weighted by atomic mass is 9.79. The Kier molecular flexibility index (Phi) is 6.58. The maximum absolute atomic E-state index is 13.2. The van der Waals surface area contributed by atoms with Gasteiger partial charge in [-0.1, -0.05) is 12.8 Å². The largest absolute Gasteiger partial charge is 0.481 e. The number of hydrogen-bond donors (Lipinski definition) is 3. The summed E-state index contributed by atoms with van der Waals surface area (Å²) in [6.45, 7) is 0. The lowest BCUT2D eigenvalue weighted by Crippen LogP contribution is -2.36. The number of fused-ring (bicyclic) bond motifs is 1. The molecule has 0 bridgehead atoms. The number of hydrogen-bond acceptors (Lipinski definition) is 6. The van der Waals surface area contributed by atoms with Gasteiger partial charge in [0.15, 0.2) is 9.84 Å². The molecule has 0 spiro atoms. The van der Waals surface area contributed by atoms with E-state index in [4.69, 9.17) is 0 Å². The zero-order valence-corrected chi connectivity index (χ0v) is 19.9. The third kappa shape index (κ3) is 4.96. The summed E-state index contributed by atoms with van der Waals surface area (Å²) in [6, 6.07) is 5.92. The Morgan fingerprint density at radius 1 is 0.970 bits per heavy atom. The van der Waals surface area contributed by atoms with Crippen LogP contribution in [0.3, 0.4) is 0 Å². The molecule has 1 heterocycles. The van der Waals surface area contributed by atoms with E-state index in [2.05, 4.69) is 10.6 Å². The molecule has 4 rings (SSSR count). The fraction of sp³-hybridized carbons (Fsp3) is 0.435. The van der Waals surface area contributed by atoms with E-state index >= 15 is 0 Å². The summed E-state index contributed by atoms with van der Waals surface area (Å²) in [5.74, 6) is -3.02. The minimum Gasteiger partial charge on any atom is -0.481 e. The van der Waals surface area contributed by atoms with Gasteiger partial charge in [0, 0.05) is 16.8 Å². The second-order valence-electron chi connectivity index (χ2n) is 8.64. The van der Waals surface area contributed by atoms with Crippen LogP contribution < -0.4 is 10.6 Å². The van der Waals surface area contributed by atoms with E-state index in [9.17, 15) is 27.9 Å². The van der Waals surface area contributed by atoms with Crippen LogP contribution in [-0.4, -0.2) is 37.6 Å². The lowest BCUT2D eigenvalue weighted by molar-refractivity contribution is -0.147. The first-order valence-electron chi connectivity index (χ1n) is 10.9. The molecule has 8 nitrogen and oxygen atoms in total. The summed E-state index contributed by atoms with van der Waals surface area (Å²) < 4.78 is 23.3. The summed E-state index contributed by atoms with van der Waals surface area (Å²) in [7, 11) is -3.34. The molecule has 2 aromatic rings. The zero-order chi connectivity index (χ0) is 23.8. The van der Waals surface area contributed by atoms with Crippen molar-refractivity contribution in [2.75, 3.05) is 16.9 Å². The van der Waals surface area contributed by atoms with Crippen LogP contribution in [0, 0.1) is 11.8 Å². The van der Waals surface area contributed by atoms with Crippen LogP contribution in [0.5, 0.6) is 0 Å². The van der Waals surface area contributed by atoms with Crippen molar-refractivity contribution in [3.63, 3.8) is 0 Å². The molecule has 33 heavy (non-hydrogen) atoms. The number of carboxylic acids is 1. The molecule has 0 radical (unpaired) electrons. The first kappa shape index (κ1) is 23.4. The van der Waals surface area contributed by atoms with Crippen LogP contribution in [0.1, 0.15) is 52.9 Å². The van der Waals surface area contributed by atoms with Crippen molar-refractivity contribution in [3.05, 3.63) is 40.3 Å². The number of amides is 2. The van der Waals surface area contributed by atoms with Crippen molar-refractivity contribution in [1.29, 1.82) is 0 Å². The molecule has 1 fully saturated rings. The van der Waals surface area contributed by atoms with E-state index in [0.29, 0.717) is 29.1 Å². The number of nitrogens with one attached hydrogen (secondary N) is 2. The summed E-state index contributed by atoms with van der Waals surface area (Å²) in [5.41, 5.74) is 1.77. The van der Waals surface area contributed by atoms with Crippen LogP contribution in [0.15, 0.2) is 29.2 Å². The fourth-order valence-corrected chi connectivity index (χ4v) is 6.58. The van der Waals surface area contributed by atoms with Gasteiger partial charge in [-0.25, -0.2) is 8.42 Å². The van der Waals surface area contributed by atoms with Crippen molar-refractivity contribution >= 4 is 49.6 Å². The number of anilines is 2. The van der Waals surface area contributed by atoms with Gasteiger partial charge in [0.05, 0.1) is 22.3 Å². The normalized spacial score (nSPS) is 20.2. The molecular weight excluding hydrogens is 464 g/mol. The molecule has 1 saturated carbocycles. The van der Waals surface area contributed by atoms with Gasteiger partial charge < -0.3 is 15.7 Å². The van der Waals surface area contributed by atoms with Gasteiger partial charge in [-0.05, 0) is 61.9 Å². The number of carboxylic acid groups (broad SMARTS) is 1. The first-order chi connectivity index (χ1) is 15.6. The van der Waals surface area contributed by atoms with Gasteiger partial charge in [0.2, 0.25) is 5.91 Å². The Morgan fingerprint density at radius 3 is 2.27 bits per heavy atom. The monoisotopic (exact) mass is 490 g/mol. The van der Waals surface area contributed by atoms with E-state index in [1.54, 1.807) is 0 Å². The Bertz CT molecular complexity index is 1200. The van der Waals surface area contributed by atoms with Crippen LogP contribution in [0.2, 0.25) is 0 Å². The Labute approximate surface area is 196 Å². The highest BCUT2D eigenvalue weighted by Gasteiger charge is 2.37. The van der Waals surface area contributed by atoms with E-state index in [0.717, 1.165) is 48.8 Å². The van der Waals surface area contributed by atoms with Crippen molar-refractivity contribution in [1.82, 2.24) is 0 Å². The number of aryl methyl sites for hydroxylation is 1. The summed E-state index contributed by atoms with van der Waals surface area (Å²) in [4.78, 5) is 39.1. The molecule has 10 heteroatoms. The van der Waals surface area contributed by atoms with Crippen molar-refractivity contribution in [2.45, 2.75) is 49.8 Å². The third-order valence-electron chi connectivity index (χ3n) is 6.35. The second kappa shape index (κ2) is 9.26. The fourth-order valence-electron chi connectivity index (χ4n) is 4.66. The lowest BCUT2D eigenvalue weighted by Gasteiger charge is -2.27. The van der Waals surface area contributed by atoms with Gasteiger partial charge in [-0.3, -0.25) is 14.4 Å². The number of benzene rings is 1. The van der Waals surface area contributed by atoms with Gasteiger partial charge >= 0.3 is 5.97 Å². The Morgan fingerprint density at radius 2 is 1.64 bits per heavy atom. The molecule has 2 aliphatic rings. The van der Waals surface area contributed by atoms with Gasteiger partial charge in [-0.15, -0.1) is 11.3 Å². The number of carbonyl (C=O) groups excluding carboxylic acids is 2. The maximum Gasteiger partial charge on any atom is 0.307 e. The van der Waals surface area contributed by atoms with Crippen LogP contribution in [-0.2, 0) is 32.3 Å². The molecule has 2 unspecified atom stereocenters. The van der Waals surface area contributed by atoms with Gasteiger partial charge in [0.25, 0.3) is 5.91 Å². The number of sulfone groups is 1. The van der Waals surface area contributed by atoms with Crippen molar-refractivity contribution in [2.24, 2.45) is 11.8 Å². The number of thiophene rings is 1. The third-order valence-corrected chi connectivity index (χ3v) is 8.68. The van der Waals surface area contributed by atoms with E-state index in [1.165, 1.54) is 35.6 Å². The number of aliphatic carboxylic acids is 1. The van der Waals surface area contributed by atoms with Crippen molar-refractivity contribution in [3.8, 4) is 0 Å². The molecule has 0 aliphatic heterocycles. The molecule has 2 amide bonds. The summed E-state index contributed by atoms with van der Waals surface area (Å²) >= 11 is 1.38. The molecule has 1 aromatic heterocycles. The molecule has 2 aliphatic carbocycles. The minimum atomic E-state index is -3.34. The van der Waals surface area contributed by atoms with Gasteiger partial charge in [0.1, 0.15) is 5.00 Å². The highest BCUT2D eigenvalue weighted by molar-refractivity contribution is 7.90. The van der Waals surface area contributed by atoms with Crippen molar-refractivity contribution < 1.29 is 27.9 Å². The van der Waals surface area contributed by atoms with Crippen LogP contribution in [0.4, 0.5) is 10.7 Å². The molecule has 176 valence electrons. The summed E-state index contributed by atoms with van der Waals surface area (Å²) in [6.07, 6.45) is 6.21. The van der Waals surface area contributed by atoms with Crippen LogP contribution >= 0.6 is 11.3 Å². The number of carbonyl (C=O) groups is 3. The molecule has 0 saturated heterocycles. The predicted octanol–water partition coefficient (Wildman–Crippen LogP) is 3.72. The maximum atomic E-state index is 13.2. The smallest absolute Gasteiger partial charge is 0.307 e. The molecule has 2 atom stereocenters. The standard InChI is InChI=1S/C23H26N2O6S2/c1-33(30,31)14-11-9-13(10-12-14)24-21(27)19-17-7-4-8-18(17)32-22(19)25-20(26)15-5-2-3-6-16(15)23(28)29/h9-12,15-16H,2-8H2,1H3,(H,24,27)(H,25,26)(H,28,29). The highest BCUT2D eigenvalue weighted by Crippen LogP contribution is 2.40. The Balaban J connectivity index is 1.57. The molecule has 3 N–H and O–H groups in total. The predicted molar refractivity (Wildman–Crippen MR) is 126 cm³/mol. The SMILES string of the molecule is CS(=O)(=O)c1ccc(NC(=O)c2c(NC(=O)C3CCCCC3C(=O)O)sc3c2CCC3)cc1. The summed E-state index contributed by atoms with van der Waals surface area (Å²) in [5, 5.41) is 15.6. The minimum absolute atomic E-state index is 0.158. The average Bonchev–Trinajstić information content (AvgIpc) is 3.34. The number of rotatable bonds is 6. The average molecular weight is 491 g/mol. The highest BCUT2D eigenvalue weighted by atomic mass is 32.2. The first-order valence-corrected chi connectivity index (χ1v) is 13.7. The van der Waals surface area contributed by atoms with E-state index in [1.807, 2.05) is 0 Å². The van der Waals surface area contributed by atoms with Crippen LogP contribution in [0.25, 0.3) is 0 Å². The quantitative estimate of drug-likeness (QED) is 0.566. The topological polar surface area (TPSA) is 130 Å².